The number of hydrogen-bond acceptors (Lipinski definition) is 4. The summed E-state index contributed by atoms with van der Waals surface area (Å²) < 4.78 is 23.2. The van der Waals surface area contributed by atoms with E-state index in [1.54, 1.807) is 0 Å². The molecule has 2 aliphatic carbocycles. The van der Waals surface area contributed by atoms with Gasteiger partial charge in [0.25, 0.3) is 0 Å². The molecular formula is C15H26N2O3S. The fraction of sp³-hybridized carbons (Fsp3) is 0.933. The largest absolute Gasteiger partial charge is 0.349 e. The third-order valence-corrected chi connectivity index (χ3v) is 7.02. The fourth-order valence-corrected chi connectivity index (χ4v) is 5.61. The number of carbonyl (C=O) groups excluding carboxylic acids is 1. The SMILES string of the molecule is CC(C1CC1)N(CC(=O)NC1(C)CCS(=O)(=O)C1)C1CC1. The molecule has 5 nitrogen and oxygen atoms in total. The van der Waals surface area contributed by atoms with Gasteiger partial charge in [-0.3, -0.25) is 9.69 Å². The summed E-state index contributed by atoms with van der Waals surface area (Å²) in [6.45, 7) is 4.49. The van der Waals surface area contributed by atoms with Gasteiger partial charge in [-0.25, -0.2) is 8.42 Å². The molecule has 1 aliphatic heterocycles. The minimum absolute atomic E-state index is 0.0194. The summed E-state index contributed by atoms with van der Waals surface area (Å²) in [7, 11) is -2.98. The summed E-state index contributed by atoms with van der Waals surface area (Å²) in [5.41, 5.74) is -0.575. The van der Waals surface area contributed by atoms with Crippen LogP contribution in [0.2, 0.25) is 0 Å². The lowest BCUT2D eigenvalue weighted by Gasteiger charge is -2.31. The number of nitrogens with zero attached hydrogens (tertiary/aromatic N) is 1. The second-order valence-electron chi connectivity index (χ2n) is 7.43. The zero-order valence-electron chi connectivity index (χ0n) is 13.0. The van der Waals surface area contributed by atoms with Crippen LogP contribution in [0.3, 0.4) is 0 Å². The van der Waals surface area contributed by atoms with Gasteiger partial charge in [0.05, 0.1) is 23.6 Å². The van der Waals surface area contributed by atoms with E-state index < -0.39 is 15.4 Å². The minimum atomic E-state index is -2.98. The van der Waals surface area contributed by atoms with Crippen LogP contribution < -0.4 is 5.32 Å². The minimum Gasteiger partial charge on any atom is -0.349 e. The molecular weight excluding hydrogens is 288 g/mol. The summed E-state index contributed by atoms with van der Waals surface area (Å²) in [4.78, 5) is 14.7. The monoisotopic (exact) mass is 314 g/mol. The molecule has 21 heavy (non-hydrogen) atoms. The lowest BCUT2D eigenvalue weighted by Crippen LogP contribution is -2.52. The Labute approximate surface area is 127 Å². The highest BCUT2D eigenvalue weighted by Gasteiger charge is 2.42. The normalized spacial score (nSPS) is 33.1. The maximum absolute atomic E-state index is 12.4. The molecule has 1 N–H and O–H groups in total. The summed E-state index contributed by atoms with van der Waals surface area (Å²) in [5.74, 6) is 0.997. The average Bonchev–Trinajstić information content (AvgIpc) is 3.25. The first-order chi connectivity index (χ1) is 9.78. The van der Waals surface area contributed by atoms with Crippen molar-refractivity contribution in [1.29, 1.82) is 0 Å². The number of sulfone groups is 1. The topological polar surface area (TPSA) is 66.5 Å². The first-order valence-electron chi connectivity index (χ1n) is 8.05. The molecule has 0 aromatic heterocycles. The molecule has 120 valence electrons. The molecule has 2 unspecified atom stereocenters. The van der Waals surface area contributed by atoms with E-state index in [4.69, 9.17) is 0 Å². The second kappa shape index (κ2) is 5.23. The van der Waals surface area contributed by atoms with Crippen LogP contribution in [-0.4, -0.2) is 54.9 Å². The molecule has 2 atom stereocenters. The van der Waals surface area contributed by atoms with E-state index >= 15 is 0 Å². The van der Waals surface area contributed by atoms with E-state index in [0.29, 0.717) is 25.0 Å². The zero-order valence-corrected chi connectivity index (χ0v) is 13.8. The highest BCUT2D eigenvalue weighted by atomic mass is 32.2. The Kier molecular flexibility index (Phi) is 3.81. The van der Waals surface area contributed by atoms with Crippen molar-refractivity contribution in [2.24, 2.45) is 5.92 Å². The van der Waals surface area contributed by atoms with Gasteiger partial charge in [0, 0.05) is 12.1 Å². The maximum Gasteiger partial charge on any atom is 0.234 e. The molecule has 0 aromatic carbocycles. The molecule has 1 saturated heterocycles. The van der Waals surface area contributed by atoms with Crippen LogP contribution in [0.4, 0.5) is 0 Å². The molecule has 6 heteroatoms. The maximum atomic E-state index is 12.4. The third-order valence-electron chi connectivity index (χ3n) is 5.11. The van der Waals surface area contributed by atoms with E-state index in [0.717, 1.165) is 5.92 Å². The first-order valence-corrected chi connectivity index (χ1v) is 9.87. The molecule has 1 amide bonds. The van der Waals surface area contributed by atoms with Gasteiger partial charge in [0.15, 0.2) is 9.84 Å². The lowest BCUT2D eigenvalue weighted by atomic mass is 10.0. The number of amides is 1. The van der Waals surface area contributed by atoms with Crippen LogP contribution in [-0.2, 0) is 14.6 Å². The van der Waals surface area contributed by atoms with Crippen molar-refractivity contribution in [3.05, 3.63) is 0 Å². The van der Waals surface area contributed by atoms with Crippen LogP contribution in [0.15, 0.2) is 0 Å². The summed E-state index contributed by atoms with van der Waals surface area (Å²) >= 11 is 0. The third kappa shape index (κ3) is 3.77. The van der Waals surface area contributed by atoms with Gasteiger partial charge in [-0.1, -0.05) is 0 Å². The quantitative estimate of drug-likeness (QED) is 0.792. The van der Waals surface area contributed by atoms with Crippen molar-refractivity contribution in [1.82, 2.24) is 10.2 Å². The Morgan fingerprint density at radius 3 is 2.48 bits per heavy atom. The van der Waals surface area contributed by atoms with Crippen LogP contribution in [0, 0.1) is 5.92 Å². The predicted octanol–water partition coefficient (Wildman–Crippen LogP) is 0.943. The summed E-state index contributed by atoms with van der Waals surface area (Å²) in [6.07, 6.45) is 5.47. The van der Waals surface area contributed by atoms with Crippen molar-refractivity contribution in [2.75, 3.05) is 18.1 Å². The van der Waals surface area contributed by atoms with Crippen LogP contribution >= 0.6 is 0 Å². The average molecular weight is 314 g/mol. The zero-order chi connectivity index (χ0) is 15.3. The van der Waals surface area contributed by atoms with E-state index in [9.17, 15) is 13.2 Å². The first kappa shape index (κ1) is 15.3. The summed E-state index contributed by atoms with van der Waals surface area (Å²) in [6, 6.07) is 1.04. The number of rotatable bonds is 6. The molecule has 3 aliphatic rings. The van der Waals surface area contributed by atoms with Crippen molar-refractivity contribution >= 4 is 15.7 Å². The van der Waals surface area contributed by atoms with Gasteiger partial charge in [-0.15, -0.1) is 0 Å². The molecule has 0 radical (unpaired) electrons. The number of carbonyl (C=O) groups is 1. The van der Waals surface area contributed by atoms with Gasteiger partial charge in [0.1, 0.15) is 0 Å². The van der Waals surface area contributed by atoms with Crippen molar-refractivity contribution in [2.45, 2.75) is 63.6 Å². The van der Waals surface area contributed by atoms with Gasteiger partial charge in [-0.2, -0.15) is 0 Å². The number of nitrogens with one attached hydrogen (secondary N) is 1. The van der Waals surface area contributed by atoms with Gasteiger partial charge < -0.3 is 5.32 Å². The van der Waals surface area contributed by atoms with E-state index in [2.05, 4.69) is 17.1 Å². The van der Waals surface area contributed by atoms with Crippen LogP contribution in [0.5, 0.6) is 0 Å². The van der Waals surface area contributed by atoms with Gasteiger partial charge in [-0.05, 0) is 51.9 Å². The Morgan fingerprint density at radius 1 is 1.33 bits per heavy atom. The molecule has 3 fully saturated rings. The van der Waals surface area contributed by atoms with Crippen molar-refractivity contribution in [3.63, 3.8) is 0 Å². The smallest absolute Gasteiger partial charge is 0.234 e. The fourth-order valence-electron chi connectivity index (χ4n) is 3.51. The van der Waals surface area contributed by atoms with Gasteiger partial charge >= 0.3 is 0 Å². The standard InChI is InChI=1S/C15H26N2O3S/c1-11(12-3-4-12)17(13-5-6-13)9-14(18)16-15(2)7-8-21(19,20)10-15/h11-13H,3-10H2,1-2H3,(H,16,18). The van der Waals surface area contributed by atoms with Crippen molar-refractivity contribution < 1.29 is 13.2 Å². The van der Waals surface area contributed by atoms with E-state index in [-0.39, 0.29) is 17.4 Å². The highest BCUT2D eigenvalue weighted by Crippen LogP contribution is 2.39. The van der Waals surface area contributed by atoms with Crippen LogP contribution in [0.25, 0.3) is 0 Å². The predicted molar refractivity (Wildman–Crippen MR) is 81.7 cm³/mol. The van der Waals surface area contributed by atoms with E-state index in [1.807, 2.05) is 6.92 Å². The van der Waals surface area contributed by atoms with E-state index in [1.165, 1.54) is 25.7 Å². The Bertz CT molecular complexity index is 525. The molecule has 0 bridgehead atoms. The molecule has 0 aromatic rings. The molecule has 0 spiro atoms. The second-order valence-corrected chi connectivity index (χ2v) is 9.62. The van der Waals surface area contributed by atoms with Gasteiger partial charge in [0.2, 0.25) is 5.91 Å². The molecule has 1 heterocycles. The number of hydrogen-bond donors (Lipinski definition) is 1. The van der Waals surface area contributed by atoms with Crippen LogP contribution in [0.1, 0.15) is 46.0 Å². The Balaban J connectivity index is 1.57. The Hall–Kier alpha value is -0.620. The lowest BCUT2D eigenvalue weighted by molar-refractivity contribution is -0.124. The molecule has 2 saturated carbocycles. The van der Waals surface area contributed by atoms with Crippen molar-refractivity contribution in [3.8, 4) is 0 Å². The highest BCUT2D eigenvalue weighted by molar-refractivity contribution is 7.91. The summed E-state index contributed by atoms with van der Waals surface area (Å²) in [5, 5.41) is 2.98. The molecule has 3 rings (SSSR count). The Morgan fingerprint density at radius 2 is 2.00 bits per heavy atom.